The number of ether oxygens (including phenoxy) is 2. The molecule has 0 aliphatic carbocycles. The standard InChI is InChI=1S/C22H29BrO3/c1-16(8-7-11-25-15-19-9-5-4-6-10-19)20-13-21(26-22(24)14-20)17(2)12-18(3)23/h4-6,9-10,12,14,16-17,21H,7-8,11,13,15H2,1-3H3/b18-12-/t16-,17?,21?/m0/s1. The van der Waals surface area contributed by atoms with Crippen LogP contribution in [0.1, 0.15) is 45.6 Å². The highest BCUT2D eigenvalue weighted by molar-refractivity contribution is 9.11. The molecule has 26 heavy (non-hydrogen) atoms. The van der Waals surface area contributed by atoms with Crippen LogP contribution in [0.2, 0.25) is 0 Å². The normalized spacial score (nSPS) is 20.3. The summed E-state index contributed by atoms with van der Waals surface area (Å²) in [5, 5.41) is 0. The lowest BCUT2D eigenvalue weighted by Gasteiger charge is -2.29. The number of hydrogen-bond acceptors (Lipinski definition) is 3. The van der Waals surface area contributed by atoms with E-state index in [2.05, 4.69) is 48.0 Å². The summed E-state index contributed by atoms with van der Waals surface area (Å²) < 4.78 is 12.3. The molecule has 0 spiro atoms. The van der Waals surface area contributed by atoms with Crippen molar-refractivity contribution >= 4 is 21.9 Å². The second-order valence-corrected chi connectivity index (χ2v) is 8.34. The molecule has 0 aromatic heterocycles. The van der Waals surface area contributed by atoms with Crippen molar-refractivity contribution in [3.63, 3.8) is 0 Å². The Morgan fingerprint density at radius 1 is 1.35 bits per heavy atom. The molecule has 0 radical (unpaired) electrons. The predicted molar refractivity (Wildman–Crippen MR) is 109 cm³/mol. The summed E-state index contributed by atoms with van der Waals surface area (Å²) in [6, 6.07) is 10.2. The molecule has 1 aliphatic rings. The summed E-state index contributed by atoms with van der Waals surface area (Å²) in [5.74, 6) is 0.353. The summed E-state index contributed by atoms with van der Waals surface area (Å²) in [4.78, 5) is 12.0. The Balaban J connectivity index is 1.76. The van der Waals surface area contributed by atoms with E-state index in [9.17, 15) is 4.79 Å². The van der Waals surface area contributed by atoms with Gasteiger partial charge in [0.2, 0.25) is 0 Å². The van der Waals surface area contributed by atoms with Crippen LogP contribution in [0, 0.1) is 11.8 Å². The summed E-state index contributed by atoms with van der Waals surface area (Å²) in [6.45, 7) is 7.67. The zero-order chi connectivity index (χ0) is 18.9. The molecule has 0 N–H and O–H groups in total. The smallest absolute Gasteiger partial charge is 0.331 e. The zero-order valence-electron chi connectivity index (χ0n) is 15.9. The van der Waals surface area contributed by atoms with Crippen molar-refractivity contribution in [1.82, 2.24) is 0 Å². The maximum absolute atomic E-state index is 12.0. The number of cyclic esters (lactones) is 1. The van der Waals surface area contributed by atoms with Crippen molar-refractivity contribution in [2.24, 2.45) is 11.8 Å². The molecule has 1 aromatic rings. The highest BCUT2D eigenvalue weighted by atomic mass is 79.9. The lowest BCUT2D eigenvalue weighted by Crippen LogP contribution is -2.29. The van der Waals surface area contributed by atoms with Gasteiger partial charge >= 0.3 is 5.97 Å². The van der Waals surface area contributed by atoms with Crippen LogP contribution in [-0.4, -0.2) is 18.7 Å². The summed E-state index contributed by atoms with van der Waals surface area (Å²) in [6.07, 6.45) is 6.53. The van der Waals surface area contributed by atoms with Gasteiger partial charge in [0.05, 0.1) is 6.61 Å². The summed E-state index contributed by atoms with van der Waals surface area (Å²) in [5.41, 5.74) is 2.40. The van der Waals surface area contributed by atoms with Gasteiger partial charge in [-0.25, -0.2) is 4.79 Å². The van der Waals surface area contributed by atoms with Crippen molar-refractivity contribution in [1.29, 1.82) is 0 Å². The minimum atomic E-state index is -0.212. The molecular weight excluding hydrogens is 392 g/mol. The Labute approximate surface area is 165 Å². The van der Waals surface area contributed by atoms with E-state index in [0.29, 0.717) is 12.5 Å². The van der Waals surface area contributed by atoms with Crippen LogP contribution in [0.3, 0.4) is 0 Å². The van der Waals surface area contributed by atoms with Crippen molar-refractivity contribution in [3.05, 3.63) is 58.1 Å². The lowest BCUT2D eigenvalue weighted by atomic mass is 9.86. The molecule has 0 amide bonds. The molecule has 2 rings (SSSR count). The summed E-state index contributed by atoms with van der Waals surface area (Å²) >= 11 is 3.46. The maximum Gasteiger partial charge on any atom is 0.331 e. The van der Waals surface area contributed by atoms with Crippen LogP contribution in [0.15, 0.2) is 52.5 Å². The number of benzene rings is 1. The van der Waals surface area contributed by atoms with E-state index < -0.39 is 0 Å². The number of carbonyl (C=O) groups is 1. The molecule has 3 nitrogen and oxygen atoms in total. The predicted octanol–water partition coefficient (Wildman–Crippen LogP) is 5.80. The first kappa shape index (κ1) is 20.9. The van der Waals surface area contributed by atoms with Crippen LogP contribution in [-0.2, 0) is 20.9 Å². The van der Waals surface area contributed by atoms with Crippen molar-refractivity contribution in [3.8, 4) is 0 Å². The van der Waals surface area contributed by atoms with Gasteiger partial charge in [0, 0.05) is 25.0 Å². The van der Waals surface area contributed by atoms with Crippen LogP contribution in [0.4, 0.5) is 0 Å². The van der Waals surface area contributed by atoms with Gasteiger partial charge in [-0.05, 0) is 35.7 Å². The van der Waals surface area contributed by atoms with E-state index >= 15 is 0 Å². The molecule has 4 heteroatoms. The second kappa shape index (κ2) is 10.7. The van der Waals surface area contributed by atoms with Crippen molar-refractivity contribution in [2.75, 3.05) is 6.61 Å². The first-order chi connectivity index (χ1) is 12.5. The molecule has 1 aromatic carbocycles. The van der Waals surface area contributed by atoms with E-state index in [1.165, 1.54) is 11.1 Å². The van der Waals surface area contributed by atoms with E-state index in [-0.39, 0.29) is 18.0 Å². The molecule has 0 bridgehead atoms. The number of rotatable bonds is 9. The van der Waals surface area contributed by atoms with Gasteiger partial charge in [-0.1, -0.05) is 71.8 Å². The van der Waals surface area contributed by atoms with E-state index in [4.69, 9.17) is 9.47 Å². The van der Waals surface area contributed by atoms with Gasteiger partial charge < -0.3 is 9.47 Å². The highest BCUT2D eigenvalue weighted by Crippen LogP contribution is 2.30. The van der Waals surface area contributed by atoms with Gasteiger partial charge in [0.25, 0.3) is 0 Å². The third kappa shape index (κ3) is 7.08. The van der Waals surface area contributed by atoms with E-state index in [1.807, 2.05) is 25.1 Å². The molecule has 2 unspecified atom stereocenters. The number of allylic oxidation sites excluding steroid dienone is 1. The molecular formula is C22H29BrO3. The van der Waals surface area contributed by atoms with Gasteiger partial charge in [-0.3, -0.25) is 0 Å². The van der Waals surface area contributed by atoms with Crippen LogP contribution in [0.25, 0.3) is 0 Å². The van der Waals surface area contributed by atoms with Gasteiger partial charge in [-0.15, -0.1) is 0 Å². The van der Waals surface area contributed by atoms with Crippen LogP contribution in [0.5, 0.6) is 0 Å². The first-order valence-electron chi connectivity index (χ1n) is 9.32. The molecule has 142 valence electrons. The minimum Gasteiger partial charge on any atom is -0.458 e. The Morgan fingerprint density at radius 3 is 2.77 bits per heavy atom. The molecule has 1 heterocycles. The fraction of sp³-hybridized carbons (Fsp3) is 0.500. The zero-order valence-corrected chi connectivity index (χ0v) is 17.5. The van der Waals surface area contributed by atoms with Crippen molar-refractivity contribution < 1.29 is 14.3 Å². The quantitative estimate of drug-likeness (QED) is 0.374. The molecule has 1 aliphatic heterocycles. The topological polar surface area (TPSA) is 35.5 Å². The van der Waals surface area contributed by atoms with Gasteiger partial charge in [0.15, 0.2) is 0 Å². The number of hydrogen-bond donors (Lipinski definition) is 0. The fourth-order valence-corrected chi connectivity index (χ4v) is 3.63. The molecule has 0 saturated heterocycles. The largest absolute Gasteiger partial charge is 0.458 e. The average molecular weight is 421 g/mol. The second-order valence-electron chi connectivity index (χ2n) is 7.09. The Kier molecular flexibility index (Phi) is 8.60. The molecule has 0 saturated carbocycles. The monoisotopic (exact) mass is 420 g/mol. The highest BCUT2D eigenvalue weighted by Gasteiger charge is 2.27. The number of halogens is 1. The van der Waals surface area contributed by atoms with Crippen LogP contribution < -0.4 is 0 Å². The molecule has 3 atom stereocenters. The third-order valence-corrected chi connectivity index (χ3v) is 5.02. The Bertz CT molecular complexity index is 632. The van der Waals surface area contributed by atoms with Gasteiger partial charge in [-0.2, -0.15) is 0 Å². The van der Waals surface area contributed by atoms with Gasteiger partial charge in [0.1, 0.15) is 6.10 Å². The Hall–Kier alpha value is -1.39. The lowest BCUT2D eigenvalue weighted by molar-refractivity contribution is -0.146. The van der Waals surface area contributed by atoms with E-state index in [0.717, 1.165) is 30.4 Å². The maximum atomic E-state index is 12.0. The SMILES string of the molecule is C/C(Br)=C/C(C)C1CC([C@@H](C)CCCOCc2ccccc2)=CC(=O)O1. The average Bonchev–Trinajstić information content (AvgIpc) is 2.61. The number of carbonyl (C=O) groups excluding carboxylic acids is 1. The van der Waals surface area contributed by atoms with Crippen LogP contribution >= 0.6 is 15.9 Å². The fourth-order valence-electron chi connectivity index (χ4n) is 3.21. The molecule has 0 fully saturated rings. The number of esters is 1. The first-order valence-corrected chi connectivity index (χ1v) is 10.1. The minimum absolute atomic E-state index is 0.0771. The Morgan fingerprint density at radius 2 is 2.08 bits per heavy atom. The van der Waals surface area contributed by atoms with Crippen molar-refractivity contribution in [2.45, 2.75) is 52.7 Å². The summed E-state index contributed by atoms with van der Waals surface area (Å²) in [7, 11) is 0. The third-order valence-electron chi connectivity index (χ3n) is 4.76. The van der Waals surface area contributed by atoms with E-state index in [1.54, 1.807) is 6.08 Å².